The standard InChI is InChI=1S/C20H24N2O/c1-14-5-3-4-6-19(14)17-11-15(2)22(13-17)20(23)12-16-7-9-18(21)10-8-16/h3-10,15,17H,11-13,21H2,1-2H3/t15-,17+/m1/s1. The Labute approximate surface area is 138 Å². The predicted octanol–water partition coefficient (Wildman–Crippen LogP) is 3.52. The highest BCUT2D eigenvalue weighted by molar-refractivity contribution is 5.79. The van der Waals surface area contributed by atoms with E-state index in [9.17, 15) is 4.79 Å². The molecule has 2 atom stereocenters. The summed E-state index contributed by atoms with van der Waals surface area (Å²) in [6, 6.07) is 16.4. The molecule has 3 heteroatoms. The van der Waals surface area contributed by atoms with Crippen LogP contribution in [0.4, 0.5) is 5.69 Å². The average Bonchev–Trinajstić information content (AvgIpc) is 2.92. The zero-order valence-corrected chi connectivity index (χ0v) is 13.8. The van der Waals surface area contributed by atoms with E-state index in [2.05, 4.69) is 38.1 Å². The summed E-state index contributed by atoms with van der Waals surface area (Å²) in [5.74, 6) is 0.653. The summed E-state index contributed by atoms with van der Waals surface area (Å²) >= 11 is 0. The van der Waals surface area contributed by atoms with Crippen LogP contribution < -0.4 is 5.73 Å². The van der Waals surface area contributed by atoms with Crippen molar-refractivity contribution in [2.45, 2.75) is 38.6 Å². The van der Waals surface area contributed by atoms with Gasteiger partial charge in [-0.1, -0.05) is 36.4 Å². The van der Waals surface area contributed by atoms with Crippen LogP contribution in [-0.2, 0) is 11.2 Å². The van der Waals surface area contributed by atoms with Gasteiger partial charge in [0.2, 0.25) is 5.91 Å². The van der Waals surface area contributed by atoms with E-state index in [0.717, 1.165) is 24.2 Å². The molecule has 1 saturated heterocycles. The third-order valence-electron chi connectivity index (χ3n) is 4.86. The molecule has 1 heterocycles. The molecule has 1 amide bonds. The van der Waals surface area contributed by atoms with E-state index in [1.807, 2.05) is 29.2 Å². The third kappa shape index (κ3) is 3.39. The Morgan fingerprint density at radius 2 is 1.87 bits per heavy atom. The Bertz CT molecular complexity index is 693. The lowest BCUT2D eigenvalue weighted by Crippen LogP contribution is -2.35. The number of amides is 1. The monoisotopic (exact) mass is 308 g/mol. The molecule has 0 aromatic heterocycles. The molecule has 3 nitrogen and oxygen atoms in total. The first kappa shape index (κ1) is 15.6. The molecule has 120 valence electrons. The molecule has 0 unspecified atom stereocenters. The normalized spacial score (nSPS) is 20.7. The number of aryl methyl sites for hydroxylation is 1. The van der Waals surface area contributed by atoms with Crippen molar-refractivity contribution in [1.82, 2.24) is 4.90 Å². The van der Waals surface area contributed by atoms with Crippen molar-refractivity contribution < 1.29 is 4.79 Å². The number of likely N-dealkylation sites (tertiary alicyclic amines) is 1. The Balaban J connectivity index is 1.70. The third-order valence-corrected chi connectivity index (χ3v) is 4.86. The van der Waals surface area contributed by atoms with Crippen molar-refractivity contribution in [2.24, 2.45) is 0 Å². The molecule has 1 fully saturated rings. The van der Waals surface area contributed by atoms with Gasteiger partial charge in [-0.15, -0.1) is 0 Å². The number of hydrogen-bond acceptors (Lipinski definition) is 2. The van der Waals surface area contributed by atoms with E-state index in [1.165, 1.54) is 11.1 Å². The highest BCUT2D eigenvalue weighted by atomic mass is 16.2. The van der Waals surface area contributed by atoms with Gasteiger partial charge in [0.25, 0.3) is 0 Å². The number of nitrogen functional groups attached to an aromatic ring is 1. The van der Waals surface area contributed by atoms with Crippen molar-refractivity contribution in [3.05, 3.63) is 65.2 Å². The fourth-order valence-corrected chi connectivity index (χ4v) is 3.56. The molecule has 23 heavy (non-hydrogen) atoms. The van der Waals surface area contributed by atoms with Crippen molar-refractivity contribution in [1.29, 1.82) is 0 Å². The van der Waals surface area contributed by atoms with Crippen LogP contribution in [0.2, 0.25) is 0 Å². The average molecular weight is 308 g/mol. The Morgan fingerprint density at radius 3 is 2.57 bits per heavy atom. The van der Waals surface area contributed by atoms with E-state index in [1.54, 1.807) is 0 Å². The minimum absolute atomic E-state index is 0.207. The SMILES string of the molecule is Cc1ccccc1[C@H]1C[C@@H](C)N(C(=O)Cc2ccc(N)cc2)C1. The summed E-state index contributed by atoms with van der Waals surface area (Å²) < 4.78 is 0. The highest BCUT2D eigenvalue weighted by Gasteiger charge is 2.33. The van der Waals surface area contributed by atoms with Gasteiger partial charge in [-0.05, 0) is 49.1 Å². The quantitative estimate of drug-likeness (QED) is 0.882. The van der Waals surface area contributed by atoms with Gasteiger partial charge in [0.1, 0.15) is 0 Å². The van der Waals surface area contributed by atoms with Gasteiger partial charge >= 0.3 is 0 Å². The van der Waals surface area contributed by atoms with Gasteiger partial charge in [-0.2, -0.15) is 0 Å². The van der Waals surface area contributed by atoms with Crippen LogP contribution in [0.5, 0.6) is 0 Å². The molecule has 1 aliphatic rings. The summed E-state index contributed by atoms with van der Waals surface area (Å²) in [6.07, 6.45) is 1.49. The van der Waals surface area contributed by atoms with Gasteiger partial charge < -0.3 is 10.6 Å². The van der Waals surface area contributed by atoms with Crippen LogP contribution in [0.1, 0.15) is 36.0 Å². The number of carbonyl (C=O) groups is 1. The van der Waals surface area contributed by atoms with Gasteiger partial charge in [0.15, 0.2) is 0 Å². The number of rotatable bonds is 3. The van der Waals surface area contributed by atoms with Gasteiger partial charge in [-0.25, -0.2) is 0 Å². The number of nitrogens with zero attached hydrogens (tertiary/aromatic N) is 1. The summed E-state index contributed by atoms with van der Waals surface area (Å²) in [7, 11) is 0. The first-order valence-electron chi connectivity index (χ1n) is 8.24. The Morgan fingerprint density at radius 1 is 1.17 bits per heavy atom. The minimum Gasteiger partial charge on any atom is -0.399 e. The van der Waals surface area contributed by atoms with Crippen molar-refractivity contribution >= 4 is 11.6 Å². The topological polar surface area (TPSA) is 46.3 Å². The maximum Gasteiger partial charge on any atom is 0.227 e. The smallest absolute Gasteiger partial charge is 0.227 e. The van der Waals surface area contributed by atoms with Crippen molar-refractivity contribution in [3.8, 4) is 0 Å². The van der Waals surface area contributed by atoms with E-state index in [-0.39, 0.29) is 5.91 Å². The lowest BCUT2D eigenvalue weighted by atomic mass is 9.93. The van der Waals surface area contributed by atoms with Crippen LogP contribution in [-0.4, -0.2) is 23.4 Å². The van der Waals surface area contributed by atoms with E-state index >= 15 is 0 Å². The molecule has 1 aliphatic heterocycles. The molecule has 2 aromatic rings. The molecule has 2 N–H and O–H groups in total. The maximum atomic E-state index is 12.7. The lowest BCUT2D eigenvalue weighted by Gasteiger charge is -2.21. The molecular weight excluding hydrogens is 284 g/mol. The number of anilines is 1. The number of hydrogen-bond donors (Lipinski definition) is 1. The van der Waals surface area contributed by atoms with Gasteiger partial charge in [0, 0.05) is 24.2 Å². The van der Waals surface area contributed by atoms with Crippen molar-refractivity contribution in [2.75, 3.05) is 12.3 Å². The first-order chi connectivity index (χ1) is 11.0. The van der Waals surface area contributed by atoms with Gasteiger partial charge in [-0.3, -0.25) is 4.79 Å². The van der Waals surface area contributed by atoms with Crippen LogP contribution >= 0.6 is 0 Å². The molecule has 2 aromatic carbocycles. The van der Waals surface area contributed by atoms with E-state index < -0.39 is 0 Å². The molecule has 0 radical (unpaired) electrons. The Kier molecular flexibility index (Phi) is 4.37. The number of benzene rings is 2. The summed E-state index contributed by atoms with van der Waals surface area (Å²) in [6.45, 7) is 5.12. The molecule has 0 aliphatic carbocycles. The lowest BCUT2D eigenvalue weighted by molar-refractivity contribution is -0.131. The summed E-state index contributed by atoms with van der Waals surface area (Å²) in [4.78, 5) is 14.7. The summed E-state index contributed by atoms with van der Waals surface area (Å²) in [5.41, 5.74) is 10.2. The highest BCUT2D eigenvalue weighted by Crippen LogP contribution is 2.33. The second-order valence-electron chi connectivity index (χ2n) is 6.60. The number of carbonyl (C=O) groups excluding carboxylic acids is 1. The molecule has 0 bridgehead atoms. The second kappa shape index (κ2) is 6.45. The zero-order chi connectivity index (χ0) is 16.4. The maximum absolute atomic E-state index is 12.7. The second-order valence-corrected chi connectivity index (χ2v) is 6.60. The molecular formula is C20H24N2O. The first-order valence-corrected chi connectivity index (χ1v) is 8.24. The minimum atomic E-state index is 0.207. The van der Waals surface area contributed by atoms with Crippen LogP contribution in [0.15, 0.2) is 48.5 Å². The summed E-state index contributed by atoms with van der Waals surface area (Å²) in [5, 5.41) is 0. The fourth-order valence-electron chi connectivity index (χ4n) is 3.56. The van der Waals surface area contributed by atoms with Crippen LogP contribution in [0.3, 0.4) is 0 Å². The predicted molar refractivity (Wildman–Crippen MR) is 94.3 cm³/mol. The molecule has 3 rings (SSSR count). The van der Waals surface area contributed by atoms with Crippen LogP contribution in [0, 0.1) is 6.92 Å². The molecule has 0 spiro atoms. The Hall–Kier alpha value is -2.29. The largest absolute Gasteiger partial charge is 0.399 e. The van der Waals surface area contributed by atoms with E-state index in [4.69, 9.17) is 5.73 Å². The zero-order valence-electron chi connectivity index (χ0n) is 13.8. The van der Waals surface area contributed by atoms with E-state index in [0.29, 0.717) is 18.4 Å². The fraction of sp³-hybridized carbons (Fsp3) is 0.350. The van der Waals surface area contributed by atoms with Gasteiger partial charge in [0.05, 0.1) is 6.42 Å². The van der Waals surface area contributed by atoms with Crippen molar-refractivity contribution in [3.63, 3.8) is 0 Å². The number of nitrogens with two attached hydrogens (primary N) is 1. The molecule has 0 saturated carbocycles. The van der Waals surface area contributed by atoms with Crippen LogP contribution in [0.25, 0.3) is 0 Å².